The molecule has 2 aromatic heterocycles. The van der Waals surface area contributed by atoms with Crippen molar-refractivity contribution in [3.8, 4) is 16.2 Å². The summed E-state index contributed by atoms with van der Waals surface area (Å²) < 4.78 is 5.95. The number of nitrogens with one attached hydrogen (secondary N) is 2. The number of aromatic hydroxyl groups is 1. The molecule has 328 valence electrons. The van der Waals surface area contributed by atoms with Crippen molar-refractivity contribution in [1.82, 2.24) is 15.2 Å². The molecule has 1 aliphatic rings. The fourth-order valence-corrected chi connectivity index (χ4v) is 9.47. The van der Waals surface area contributed by atoms with E-state index in [1.54, 1.807) is 41.7 Å². The molecule has 1 aliphatic heterocycles. The van der Waals surface area contributed by atoms with Gasteiger partial charge in [0, 0.05) is 51.8 Å². The number of ketones is 1. The molecule has 8 rings (SSSR count). The number of phenolic OH excluding ortho intramolecular Hbond substituents is 1. The Morgan fingerprint density at radius 2 is 1.55 bits per heavy atom. The highest BCUT2D eigenvalue weighted by Crippen LogP contribution is 2.36. The van der Waals surface area contributed by atoms with Crippen molar-refractivity contribution in [1.29, 1.82) is 0 Å². The molecule has 64 heavy (non-hydrogen) atoms. The largest absolute Gasteiger partial charge is 0.506 e. The van der Waals surface area contributed by atoms with Crippen molar-refractivity contribution in [3.05, 3.63) is 194 Å². The highest BCUT2D eigenvalue weighted by molar-refractivity contribution is 7.15. The van der Waals surface area contributed by atoms with Crippen LogP contribution in [0.4, 0.5) is 0 Å². The summed E-state index contributed by atoms with van der Waals surface area (Å²) in [6, 6.07) is 44.6. The number of Topliss-reactive ketones (excluding diaryl/α,β-unsaturated/α-hetero) is 1. The molecule has 0 amide bonds. The molecule has 3 heterocycles. The summed E-state index contributed by atoms with van der Waals surface area (Å²) in [5.74, 6) is -0.465. The van der Waals surface area contributed by atoms with Crippen LogP contribution in [0.15, 0.2) is 150 Å². The number of hydrogen-bond donors (Lipinski definition) is 5. The number of hydrogen-bond acceptors (Lipinski definition) is 10. The molecule has 2 atom stereocenters. The molecule has 0 spiro atoms. The predicted molar refractivity (Wildman–Crippen MR) is 251 cm³/mol. The number of carbonyl (C=O) groups excluding carboxylic acids is 2. The highest BCUT2D eigenvalue weighted by atomic mass is 32.1. The number of aromatic nitrogens is 1. The molecule has 0 aliphatic carbocycles. The Balaban J connectivity index is 0.831. The molecule has 7 aromatic rings. The number of likely N-dealkylation sites (tertiary alicyclic amines) is 1. The summed E-state index contributed by atoms with van der Waals surface area (Å²) in [5.41, 5.74) is 3.31. The van der Waals surface area contributed by atoms with Crippen molar-refractivity contribution in [2.75, 3.05) is 32.8 Å². The van der Waals surface area contributed by atoms with Gasteiger partial charge in [-0.2, -0.15) is 0 Å². The van der Waals surface area contributed by atoms with Crippen LogP contribution in [0.3, 0.4) is 0 Å². The van der Waals surface area contributed by atoms with Crippen LogP contribution in [0, 0.1) is 5.92 Å². The Morgan fingerprint density at radius 3 is 2.31 bits per heavy atom. The number of rotatable bonds is 18. The number of carbonyl (C=O) groups is 2. The van der Waals surface area contributed by atoms with Gasteiger partial charge in [0.2, 0.25) is 11.2 Å². The zero-order valence-corrected chi connectivity index (χ0v) is 36.4. The third-order valence-corrected chi connectivity index (χ3v) is 13.4. The number of esters is 1. The highest BCUT2D eigenvalue weighted by Gasteiger charge is 2.42. The summed E-state index contributed by atoms with van der Waals surface area (Å²) in [4.78, 5) is 46.1. The summed E-state index contributed by atoms with van der Waals surface area (Å²) in [7, 11) is 0. The molecular formula is C53H53N3O7S. The summed E-state index contributed by atoms with van der Waals surface area (Å²) >= 11 is 1.59. The van der Waals surface area contributed by atoms with Crippen molar-refractivity contribution in [2.45, 2.75) is 50.4 Å². The van der Waals surface area contributed by atoms with Gasteiger partial charge in [-0.1, -0.05) is 109 Å². The van der Waals surface area contributed by atoms with Crippen molar-refractivity contribution < 1.29 is 29.6 Å². The Bertz CT molecular complexity index is 2730. The van der Waals surface area contributed by atoms with Crippen LogP contribution in [0.5, 0.6) is 5.75 Å². The van der Waals surface area contributed by atoms with E-state index >= 15 is 0 Å². The maximum Gasteiger partial charge on any atom is 0.347 e. The Morgan fingerprint density at radius 1 is 0.812 bits per heavy atom. The van der Waals surface area contributed by atoms with Crippen molar-refractivity contribution in [2.24, 2.45) is 5.92 Å². The van der Waals surface area contributed by atoms with Crippen LogP contribution >= 0.6 is 11.3 Å². The minimum absolute atomic E-state index is 0.0505. The maximum atomic E-state index is 14.0. The molecule has 5 N–H and O–H groups in total. The first kappa shape index (κ1) is 44.4. The lowest BCUT2D eigenvalue weighted by Gasteiger charge is -2.33. The molecule has 10 nitrogen and oxygen atoms in total. The average Bonchev–Trinajstić information content (AvgIpc) is 3.82. The predicted octanol–water partition coefficient (Wildman–Crippen LogP) is 8.33. The standard InChI is InChI=1S/C53H53N3O7S/c57-46(39-16-14-36(15-17-39)26-29-54-33-48(59)44-20-23-47(58)51-45(44)21-25-50(60)55-51)22-18-43-19-24-49(64-43)40-10-7-13-42(32-40)53(62,41-11-5-2-6-12-41)52(61)63-35-38-27-30-56(31-28-38)34-37-8-3-1-4-9-37/h1-17,19-21,23-25,32,38,48,54,58-59,62H,18,22,26-31,33-35H2,(H,55,60)/t48-,53-/m0/s1. The van der Waals surface area contributed by atoms with Gasteiger partial charge in [-0.05, 0) is 109 Å². The second-order valence-electron chi connectivity index (χ2n) is 16.6. The third kappa shape index (κ3) is 10.6. The van der Waals surface area contributed by atoms with E-state index in [-0.39, 0.29) is 36.2 Å². The summed E-state index contributed by atoms with van der Waals surface area (Å²) in [5, 5.41) is 37.2. The number of pyridine rings is 1. The first-order valence-electron chi connectivity index (χ1n) is 21.9. The van der Waals surface area contributed by atoms with Crippen LogP contribution in [-0.2, 0) is 34.5 Å². The van der Waals surface area contributed by atoms with Gasteiger partial charge in [0.25, 0.3) is 0 Å². The number of fused-ring (bicyclic) bond motifs is 1. The number of aromatic amines is 1. The number of aliphatic hydroxyl groups excluding tert-OH is 1. The molecule has 5 aromatic carbocycles. The third-order valence-electron chi connectivity index (χ3n) is 12.2. The number of H-pyrrole nitrogens is 1. The topological polar surface area (TPSA) is 152 Å². The molecule has 11 heteroatoms. The van der Waals surface area contributed by atoms with Crippen LogP contribution in [0.1, 0.15) is 68.4 Å². The first-order chi connectivity index (χ1) is 31.1. The number of aryl methyl sites for hydroxylation is 1. The number of phenols is 1. The summed E-state index contributed by atoms with van der Waals surface area (Å²) in [6.07, 6.45) is 2.62. The second kappa shape index (κ2) is 20.5. The fourth-order valence-electron chi connectivity index (χ4n) is 8.47. The summed E-state index contributed by atoms with van der Waals surface area (Å²) in [6.45, 7) is 3.90. The minimum atomic E-state index is -2.00. The van der Waals surface area contributed by atoms with Gasteiger partial charge in [-0.15, -0.1) is 11.3 Å². The van der Waals surface area contributed by atoms with Gasteiger partial charge in [0.05, 0.1) is 18.2 Å². The molecule has 0 radical (unpaired) electrons. The van der Waals surface area contributed by atoms with Crippen molar-refractivity contribution >= 4 is 34.0 Å². The first-order valence-corrected chi connectivity index (χ1v) is 22.7. The van der Waals surface area contributed by atoms with Gasteiger partial charge in [0.1, 0.15) is 5.75 Å². The van der Waals surface area contributed by atoms with E-state index in [4.69, 9.17) is 4.74 Å². The van der Waals surface area contributed by atoms with Gasteiger partial charge in [-0.25, -0.2) is 4.79 Å². The Labute approximate surface area is 376 Å². The Hall–Kier alpha value is -6.21. The zero-order valence-electron chi connectivity index (χ0n) is 35.6. The SMILES string of the molecule is O=C(CCc1ccc(-c2cccc([C@](O)(C(=O)OCC3CCN(Cc4ccccc4)CC3)c3ccccc3)c2)s1)c1ccc(CCNC[C@H](O)c2ccc(O)c3[nH]c(=O)ccc23)cc1. The smallest absolute Gasteiger partial charge is 0.347 e. The molecule has 1 saturated heterocycles. The quantitative estimate of drug-likeness (QED) is 0.0326. The fraction of sp³-hybridized carbons (Fsp3) is 0.264. The van der Waals surface area contributed by atoms with E-state index in [2.05, 4.69) is 39.5 Å². The molecule has 0 unspecified atom stereocenters. The van der Waals surface area contributed by atoms with E-state index in [9.17, 15) is 29.7 Å². The number of benzene rings is 5. The number of ether oxygens (including phenoxy) is 1. The van der Waals surface area contributed by atoms with Gasteiger partial charge < -0.3 is 30.4 Å². The van der Waals surface area contributed by atoms with E-state index < -0.39 is 17.7 Å². The van der Waals surface area contributed by atoms with Crippen molar-refractivity contribution in [3.63, 3.8) is 0 Å². The number of piperidine rings is 1. The molecular weight excluding hydrogens is 823 g/mol. The second-order valence-corrected chi connectivity index (χ2v) is 17.8. The van der Waals surface area contributed by atoms with Gasteiger partial charge in [-0.3, -0.25) is 14.5 Å². The molecule has 0 saturated carbocycles. The lowest BCUT2D eigenvalue weighted by atomic mass is 9.85. The number of aliphatic hydroxyl groups is 2. The van der Waals surface area contributed by atoms with E-state index in [0.29, 0.717) is 59.0 Å². The zero-order chi connectivity index (χ0) is 44.5. The lowest BCUT2D eigenvalue weighted by molar-refractivity contribution is -0.164. The van der Waals surface area contributed by atoms with Crippen LogP contribution < -0.4 is 10.9 Å². The number of thiophene rings is 1. The van der Waals surface area contributed by atoms with Crippen LogP contribution in [0.25, 0.3) is 21.3 Å². The Kier molecular flexibility index (Phi) is 14.2. The van der Waals surface area contributed by atoms with E-state index in [1.165, 1.54) is 17.7 Å². The van der Waals surface area contributed by atoms with Gasteiger partial charge in [0.15, 0.2) is 5.78 Å². The van der Waals surface area contributed by atoms with Crippen LogP contribution in [-0.4, -0.2) is 69.7 Å². The van der Waals surface area contributed by atoms with Gasteiger partial charge >= 0.3 is 5.97 Å². The minimum Gasteiger partial charge on any atom is -0.506 e. The van der Waals surface area contributed by atoms with E-state index in [1.807, 2.05) is 78.9 Å². The average molecular weight is 876 g/mol. The molecule has 0 bridgehead atoms. The normalized spacial score (nSPS) is 14.8. The molecule has 1 fully saturated rings. The lowest BCUT2D eigenvalue weighted by Crippen LogP contribution is -2.40. The number of nitrogens with zero attached hydrogens (tertiary/aromatic N) is 1. The maximum absolute atomic E-state index is 14.0. The van der Waals surface area contributed by atoms with E-state index in [0.717, 1.165) is 53.4 Å². The van der Waals surface area contributed by atoms with Crippen LogP contribution in [0.2, 0.25) is 0 Å². The monoisotopic (exact) mass is 875 g/mol.